The third-order valence-electron chi connectivity index (χ3n) is 4.53. The third-order valence-corrected chi connectivity index (χ3v) is 4.53. The minimum absolute atomic E-state index is 0.304. The van der Waals surface area contributed by atoms with Crippen LogP contribution in [0.2, 0.25) is 0 Å². The first-order valence-corrected chi connectivity index (χ1v) is 6.65. The van der Waals surface area contributed by atoms with Crippen LogP contribution in [0.3, 0.4) is 0 Å². The van der Waals surface area contributed by atoms with E-state index < -0.39 is 0 Å². The van der Waals surface area contributed by atoms with Crippen molar-refractivity contribution in [3.63, 3.8) is 0 Å². The van der Waals surface area contributed by atoms with Gasteiger partial charge in [0, 0.05) is 43.6 Å². The summed E-state index contributed by atoms with van der Waals surface area (Å²) in [5, 5.41) is 13.2. The zero-order chi connectivity index (χ0) is 12.1. The van der Waals surface area contributed by atoms with Crippen LogP contribution < -0.4 is 0 Å². The molecule has 0 radical (unpaired) electrons. The summed E-state index contributed by atoms with van der Waals surface area (Å²) in [6.45, 7) is 3.74. The van der Waals surface area contributed by atoms with E-state index in [-0.39, 0.29) is 0 Å². The van der Waals surface area contributed by atoms with E-state index in [9.17, 15) is 5.11 Å². The van der Waals surface area contributed by atoms with Gasteiger partial charge in [-0.25, -0.2) is 0 Å². The molecule has 1 heterocycles. The minimum Gasteiger partial charge on any atom is -0.396 e. The van der Waals surface area contributed by atoms with Crippen LogP contribution in [0.15, 0.2) is 5.11 Å². The van der Waals surface area contributed by atoms with E-state index in [1.807, 2.05) is 0 Å². The molecule has 1 spiro atoms. The predicted octanol–water partition coefficient (Wildman–Crippen LogP) is 2.17. The molecule has 1 aliphatic heterocycles. The van der Waals surface area contributed by atoms with Crippen LogP contribution in [0, 0.1) is 11.3 Å². The first-order valence-electron chi connectivity index (χ1n) is 6.65. The SMILES string of the molecule is [N-]=[N+]=NCCN1CC(CO)C2(CCCCC2)C1. The second kappa shape index (κ2) is 5.71. The van der Waals surface area contributed by atoms with E-state index in [2.05, 4.69) is 14.9 Å². The molecule has 0 aromatic heterocycles. The molecule has 2 aliphatic rings. The lowest BCUT2D eigenvalue weighted by molar-refractivity contribution is 0.0917. The smallest absolute Gasteiger partial charge is 0.0477 e. The van der Waals surface area contributed by atoms with Gasteiger partial charge in [-0.2, -0.15) is 0 Å². The molecule has 2 rings (SSSR count). The molecule has 0 amide bonds. The van der Waals surface area contributed by atoms with Crippen molar-refractivity contribution in [3.8, 4) is 0 Å². The van der Waals surface area contributed by atoms with Gasteiger partial charge in [-0.1, -0.05) is 24.4 Å². The zero-order valence-electron chi connectivity index (χ0n) is 10.4. The number of azide groups is 1. The molecule has 1 saturated heterocycles. The average molecular weight is 238 g/mol. The molecule has 17 heavy (non-hydrogen) atoms. The van der Waals surface area contributed by atoms with E-state index in [4.69, 9.17) is 5.53 Å². The van der Waals surface area contributed by atoms with Gasteiger partial charge in [0.25, 0.3) is 0 Å². The molecule has 1 aliphatic carbocycles. The molecule has 1 N–H and O–H groups in total. The Balaban J connectivity index is 1.95. The lowest BCUT2D eigenvalue weighted by Crippen LogP contribution is -2.34. The van der Waals surface area contributed by atoms with Gasteiger partial charge < -0.3 is 10.0 Å². The van der Waals surface area contributed by atoms with Gasteiger partial charge in [0.1, 0.15) is 0 Å². The van der Waals surface area contributed by atoms with Gasteiger partial charge in [0.05, 0.1) is 0 Å². The standard InChI is InChI=1S/C12H22N4O/c13-15-14-6-7-16-8-11(9-17)12(10-16)4-2-1-3-5-12/h11,17H,1-10H2. The largest absolute Gasteiger partial charge is 0.396 e. The number of rotatable bonds is 4. The molecule has 0 bridgehead atoms. The van der Waals surface area contributed by atoms with E-state index >= 15 is 0 Å². The van der Waals surface area contributed by atoms with Crippen molar-refractivity contribution in [1.29, 1.82) is 0 Å². The van der Waals surface area contributed by atoms with E-state index in [1.54, 1.807) is 0 Å². The Labute approximate surface area is 102 Å². The quantitative estimate of drug-likeness (QED) is 0.463. The maximum atomic E-state index is 9.56. The van der Waals surface area contributed by atoms with Crippen LogP contribution in [0.1, 0.15) is 32.1 Å². The van der Waals surface area contributed by atoms with Crippen LogP contribution >= 0.6 is 0 Å². The zero-order valence-corrected chi connectivity index (χ0v) is 10.4. The summed E-state index contributed by atoms with van der Waals surface area (Å²) in [4.78, 5) is 5.15. The molecular weight excluding hydrogens is 216 g/mol. The summed E-state index contributed by atoms with van der Waals surface area (Å²) >= 11 is 0. The summed E-state index contributed by atoms with van der Waals surface area (Å²) in [6, 6.07) is 0. The molecule has 5 heteroatoms. The van der Waals surface area contributed by atoms with E-state index in [0.29, 0.717) is 24.5 Å². The van der Waals surface area contributed by atoms with Crippen molar-refractivity contribution in [1.82, 2.24) is 4.90 Å². The van der Waals surface area contributed by atoms with Crippen LogP contribution in [0.5, 0.6) is 0 Å². The summed E-state index contributed by atoms with van der Waals surface area (Å²) in [5.74, 6) is 0.425. The number of hydrogen-bond donors (Lipinski definition) is 1. The molecule has 0 aromatic carbocycles. The molecule has 1 atom stereocenters. The molecule has 1 saturated carbocycles. The summed E-state index contributed by atoms with van der Waals surface area (Å²) in [6.07, 6.45) is 6.48. The van der Waals surface area contributed by atoms with E-state index in [0.717, 1.165) is 19.6 Å². The van der Waals surface area contributed by atoms with Gasteiger partial charge in [-0.3, -0.25) is 0 Å². The fourth-order valence-corrected chi connectivity index (χ4v) is 3.62. The van der Waals surface area contributed by atoms with Crippen molar-refractivity contribution < 1.29 is 5.11 Å². The van der Waals surface area contributed by atoms with Crippen molar-refractivity contribution in [3.05, 3.63) is 10.4 Å². The Morgan fingerprint density at radius 1 is 1.35 bits per heavy atom. The molecule has 1 unspecified atom stereocenters. The van der Waals surface area contributed by atoms with Crippen molar-refractivity contribution in [2.45, 2.75) is 32.1 Å². The molecular formula is C12H22N4O. The lowest BCUT2D eigenvalue weighted by atomic mass is 9.68. The minimum atomic E-state index is 0.304. The predicted molar refractivity (Wildman–Crippen MR) is 66.5 cm³/mol. The summed E-state index contributed by atoms with van der Waals surface area (Å²) in [5.41, 5.74) is 8.63. The highest BCUT2D eigenvalue weighted by Crippen LogP contribution is 2.47. The lowest BCUT2D eigenvalue weighted by Gasteiger charge is -2.37. The number of hydrogen-bond acceptors (Lipinski definition) is 3. The van der Waals surface area contributed by atoms with E-state index in [1.165, 1.54) is 32.1 Å². The number of aliphatic hydroxyl groups is 1. The third kappa shape index (κ3) is 2.73. The maximum absolute atomic E-state index is 9.56. The highest BCUT2D eigenvalue weighted by atomic mass is 16.3. The first-order chi connectivity index (χ1) is 8.30. The molecule has 5 nitrogen and oxygen atoms in total. The topological polar surface area (TPSA) is 72.2 Å². The van der Waals surface area contributed by atoms with Crippen LogP contribution in [0.4, 0.5) is 0 Å². The highest BCUT2D eigenvalue weighted by molar-refractivity contribution is 4.97. The van der Waals surface area contributed by atoms with Crippen LogP contribution in [0.25, 0.3) is 10.4 Å². The number of nitrogens with zero attached hydrogens (tertiary/aromatic N) is 4. The number of likely N-dealkylation sites (tertiary alicyclic amines) is 1. The Morgan fingerprint density at radius 3 is 2.76 bits per heavy atom. The fourth-order valence-electron chi connectivity index (χ4n) is 3.62. The second-order valence-electron chi connectivity index (χ2n) is 5.49. The normalized spacial score (nSPS) is 28.2. The van der Waals surface area contributed by atoms with Crippen molar-refractivity contribution >= 4 is 0 Å². The molecule has 2 fully saturated rings. The Bertz CT molecular complexity index is 295. The summed E-state index contributed by atoms with van der Waals surface area (Å²) < 4.78 is 0. The Hall–Kier alpha value is -0.770. The van der Waals surface area contributed by atoms with Gasteiger partial charge >= 0.3 is 0 Å². The van der Waals surface area contributed by atoms with Gasteiger partial charge in [0.2, 0.25) is 0 Å². The van der Waals surface area contributed by atoms with Crippen LogP contribution in [-0.4, -0.2) is 42.8 Å². The maximum Gasteiger partial charge on any atom is 0.0477 e. The average Bonchev–Trinajstić information content (AvgIpc) is 2.68. The van der Waals surface area contributed by atoms with Gasteiger partial charge in [-0.05, 0) is 23.8 Å². The summed E-state index contributed by atoms with van der Waals surface area (Å²) in [7, 11) is 0. The van der Waals surface area contributed by atoms with Gasteiger partial charge in [0.15, 0.2) is 0 Å². The second-order valence-corrected chi connectivity index (χ2v) is 5.49. The fraction of sp³-hybridized carbons (Fsp3) is 1.00. The Kier molecular flexibility index (Phi) is 4.26. The molecule has 0 aromatic rings. The van der Waals surface area contributed by atoms with Crippen molar-refractivity contribution in [2.75, 3.05) is 32.8 Å². The van der Waals surface area contributed by atoms with Crippen molar-refractivity contribution in [2.24, 2.45) is 16.4 Å². The Morgan fingerprint density at radius 2 is 2.12 bits per heavy atom. The highest BCUT2D eigenvalue weighted by Gasteiger charge is 2.45. The monoisotopic (exact) mass is 238 g/mol. The van der Waals surface area contributed by atoms with Gasteiger partial charge in [-0.15, -0.1) is 0 Å². The van der Waals surface area contributed by atoms with Crippen LogP contribution in [-0.2, 0) is 0 Å². The number of aliphatic hydroxyl groups excluding tert-OH is 1. The first kappa shape index (κ1) is 12.7. The molecule has 96 valence electrons.